The van der Waals surface area contributed by atoms with Gasteiger partial charge in [-0.2, -0.15) is 8.42 Å². The fourth-order valence-corrected chi connectivity index (χ4v) is 4.20. The van der Waals surface area contributed by atoms with Crippen LogP contribution in [0.1, 0.15) is 18.1 Å². The summed E-state index contributed by atoms with van der Waals surface area (Å²) in [6.45, 7) is 1.86. The third-order valence-electron chi connectivity index (χ3n) is 4.70. The first-order valence-electron chi connectivity index (χ1n) is 9.28. The van der Waals surface area contributed by atoms with E-state index in [0.717, 1.165) is 16.5 Å². The maximum atomic E-state index is 12.7. The molecule has 2 aromatic heterocycles. The minimum atomic E-state index is -3.63. The molecule has 0 saturated heterocycles. The molecule has 2 N–H and O–H groups in total. The number of rotatable bonds is 7. The number of fused-ring (bicyclic) bond motifs is 1. The van der Waals surface area contributed by atoms with Crippen LogP contribution in [-0.4, -0.2) is 20.4 Å². The number of hydrogen-bond acceptors (Lipinski definition) is 7. The van der Waals surface area contributed by atoms with Crippen LogP contribution in [-0.2, 0) is 16.6 Å². The van der Waals surface area contributed by atoms with E-state index in [9.17, 15) is 13.2 Å². The summed E-state index contributed by atoms with van der Waals surface area (Å²) in [5.74, 6) is 0.530. The van der Waals surface area contributed by atoms with Gasteiger partial charge in [-0.05, 0) is 42.3 Å². The van der Waals surface area contributed by atoms with Gasteiger partial charge >= 0.3 is 35.2 Å². The molecule has 0 atom stereocenters. The average molecular weight is 482 g/mol. The van der Waals surface area contributed by atoms with Gasteiger partial charge < -0.3 is 10.6 Å². The van der Waals surface area contributed by atoms with E-state index in [0.29, 0.717) is 34.2 Å². The zero-order valence-corrected chi connectivity index (χ0v) is 21.3. The normalized spacial score (nSPS) is 11.2. The summed E-state index contributed by atoms with van der Waals surface area (Å²) in [7, 11) is -2.30. The van der Waals surface area contributed by atoms with Crippen molar-refractivity contribution in [2.45, 2.75) is 13.3 Å². The second kappa shape index (κ2) is 10.2. The molecule has 0 unspecified atom stereocenters. The van der Waals surface area contributed by atoms with Crippen molar-refractivity contribution in [1.82, 2.24) is 9.71 Å². The van der Waals surface area contributed by atoms with Crippen molar-refractivity contribution < 1.29 is 48.6 Å². The largest absolute Gasteiger partial charge is 1.00 e. The smallest absolute Gasteiger partial charge is 1.00 e. The predicted octanol–water partition coefficient (Wildman–Crippen LogP) is 0.934. The first-order valence-corrected chi connectivity index (χ1v) is 11.6. The Hall–Kier alpha value is -2.21. The van der Waals surface area contributed by atoms with Crippen LogP contribution in [0.3, 0.4) is 0 Å². The maximum absolute atomic E-state index is 12.7. The summed E-state index contributed by atoms with van der Waals surface area (Å²) in [4.78, 5) is 16.8. The fourth-order valence-electron chi connectivity index (χ4n) is 3.16. The molecule has 11 heteroatoms. The quantitative estimate of drug-likeness (QED) is 0.300. The van der Waals surface area contributed by atoms with Gasteiger partial charge in [0.05, 0.1) is 5.69 Å². The van der Waals surface area contributed by atoms with Crippen LogP contribution < -0.4 is 49.4 Å². The molecule has 4 aromatic rings. The van der Waals surface area contributed by atoms with Gasteiger partial charge in [0.25, 0.3) is 15.4 Å². The van der Waals surface area contributed by atoms with Crippen molar-refractivity contribution in [2.24, 2.45) is 0 Å². The minimum Gasteiger partial charge on any atom is -1.00 e. The number of nitrogens with one attached hydrogen (secondary N) is 2. The second-order valence-corrected chi connectivity index (χ2v) is 9.21. The van der Waals surface area contributed by atoms with Gasteiger partial charge in [0.15, 0.2) is 0 Å². The first kappa shape index (κ1) is 24.4. The van der Waals surface area contributed by atoms with Gasteiger partial charge in [-0.3, -0.25) is 4.72 Å². The molecule has 0 spiro atoms. The Morgan fingerprint density at radius 3 is 2.75 bits per heavy atom. The SMILES string of the molecule is CNS(=O)(=O)Nc1cccc(Cc2c(C)c3ccc(Oc4nccs4)cc3oc2=O)c1.[H-].[Na+]. The Bertz CT molecular complexity index is 1410. The maximum Gasteiger partial charge on any atom is 1.00 e. The van der Waals surface area contributed by atoms with Crippen LogP contribution in [0.4, 0.5) is 5.69 Å². The number of anilines is 1. The standard InChI is InChI=1S/C21H19N3O5S2.Na.H/c1-13-17-7-6-16(28-21-23-8-9-30-21)12-19(17)29-20(25)18(13)11-14-4-3-5-15(10-14)24-31(26,27)22-2;;/h3-10,12,22,24H,11H2,1-2H3;;/q;+1;-1. The number of nitrogens with zero attached hydrogens (tertiary/aromatic N) is 1. The predicted molar refractivity (Wildman–Crippen MR) is 121 cm³/mol. The number of hydrogen-bond donors (Lipinski definition) is 2. The molecule has 0 saturated carbocycles. The molecule has 2 aromatic carbocycles. The van der Waals surface area contributed by atoms with Gasteiger partial charge in [0.1, 0.15) is 11.3 Å². The molecule has 162 valence electrons. The van der Waals surface area contributed by atoms with Crippen molar-refractivity contribution in [2.75, 3.05) is 11.8 Å². The van der Waals surface area contributed by atoms with Crippen molar-refractivity contribution >= 4 is 38.2 Å². The Kier molecular flexibility index (Phi) is 7.75. The van der Waals surface area contributed by atoms with E-state index in [1.165, 1.54) is 18.4 Å². The molecule has 0 radical (unpaired) electrons. The van der Waals surface area contributed by atoms with Crippen molar-refractivity contribution in [3.63, 3.8) is 0 Å². The molecule has 0 bridgehead atoms. The molecular weight excluding hydrogens is 461 g/mol. The van der Waals surface area contributed by atoms with E-state index >= 15 is 0 Å². The van der Waals surface area contributed by atoms with Gasteiger partial charge in [0, 0.05) is 42.1 Å². The van der Waals surface area contributed by atoms with Gasteiger partial charge in [-0.25, -0.2) is 14.5 Å². The average Bonchev–Trinajstić information content (AvgIpc) is 3.24. The Labute approximate surface area is 212 Å². The van der Waals surface area contributed by atoms with E-state index in [1.807, 2.05) is 24.4 Å². The Balaban J connectivity index is 0.00000193. The third-order valence-corrected chi connectivity index (χ3v) is 6.39. The molecule has 0 aliphatic heterocycles. The van der Waals surface area contributed by atoms with Crippen LogP contribution in [0.5, 0.6) is 10.9 Å². The van der Waals surface area contributed by atoms with E-state index < -0.39 is 15.8 Å². The Morgan fingerprint density at radius 2 is 2.03 bits per heavy atom. The number of ether oxygens (including phenoxy) is 1. The van der Waals surface area contributed by atoms with Crippen LogP contribution >= 0.6 is 11.3 Å². The number of benzene rings is 2. The topological polar surface area (TPSA) is 111 Å². The second-order valence-electron chi connectivity index (χ2n) is 6.74. The number of aryl methyl sites for hydroxylation is 1. The zero-order chi connectivity index (χ0) is 22.0. The molecule has 4 rings (SSSR count). The van der Waals surface area contributed by atoms with Crippen molar-refractivity contribution in [1.29, 1.82) is 0 Å². The third kappa shape index (κ3) is 5.58. The summed E-state index contributed by atoms with van der Waals surface area (Å²) in [5, 5.41) is 3.11. The number of thiazole rings is 1. The van der Waals surface area contributed by atoms with Crippen molar-refractivity contribution in [3.8, 4) is 10.9 Å². The number of aromatic nitrogens is 1. The summed E-state index contributed by atoms with van der Waals surface area (Å²) < 4.78 is 39.3. The molecule has 0 aliphatic rings. The summed E-state index contributed by atoms with van der Waals surface area (Å²) in [5.41, 5.74) is 2.46. The molecule has 2 heterocycles. The van der Waals surface area contributed by atoms with Crippen LogP contribution in [0.25, 0.3) is 11.0 Å². The summed E-state index contributed by atoms with van der Waals surface area (Å²) in [6.07, 6.45) is 1.95. The molecule has 0 aliphatic carbocycles. The van der Waals surface area contributed by atoms with Crippen LogP contribution in [0.2, 0.25) is 0 Å². The Morgan fingerprint density at radius 1 is 1.22 bits per heavy atom. The molecule has 32 heavy (non-hydrogen) atoms. The van der Waals surface area contributed by atoms with Crippen LogP contribution in [0, 0.1) is 6.92 Å². The molecule has 0 fully saturated rings. The van der Waals surface area contributed by atoms with Gasteiger partial charge in [0.2, 0.25) is 0 Å². The molecule has 8 nitrogen and oxygen atoms in total. The van der Waals surface area contributed by atoms with E-state index in [2.05, 4.69) is 14.4 Å². The summed E-state index contributed by atoms with van der Waals surface area (Å²) in [6, 6.07) is 12.2. The van der Waals surface area contributed by atoms with E-state index in [4.69, 9.17) is 9.15 Å². The molecular formula is C21H20N3NaO5S2. The van der Waals surface area contributed by atoms with E-state index in [-0.39, 0.29) is 31.0 Å². The van der Waals surface area contributed by atoms with E-state index in [1.54, 1.807) is 36.5 Å². The van der Waals surface area contributed by atoms with Crippen molar-refractivity contribution in [3.05, 3.63) is 81.2 Å². The fraction of sp³-hybridized carbons (Fsp3) is 0.143. The van der Waals surface area contributed by atoms with Gasteiger partial charge in [-0.1, -0.05) is 23.5 Å². The zero-order valence-electron chi connectivity index (χ0n) is 18.7. The minimum absolute atomic E-state index is 0. The van der Waals surface area contributed by atoms with Gasteiger partial charge in [-0.15, -0.1) is 0 Å². The van der Waals surface area contributed by atoms with Crippen LogP contribution in [0.15, 0.2) is 63.3 Å². The summed E-state index contributed by atoms with van der Waals surface area (Å²) >= 11 is 1.37. The molecule has 0 amide bonds. The monoisotopic (exact) mass is 481 g/mol. The first-order chi connectivity index (χ1) is 14.8.